The van der Waals surface area contributed by atoms with Crippen molar-refractivity contribution in [2.75, 3.05) is 30.4 Å². The van der Waals surface area contributed by atoms with Crippen molar-refractivity contribution in [2.24, 2.45) is 11.0 Å². The van der Waals surface area contributed by atoms with Crippen molar-refractivity contribution < 1.29 is 9.59 Å². The van der Waals surface area contributed by atoms with Crippen molar-refractivity contribution in [1.29, 1.82) is 0 Å². The van der Waals surface area contributed by atoms with Crippen LogP contribution >= 0.6 is 24.0 Å². The minimum absolute atomic E-state index is 0.0551. The van der Waals surface area contributed by atoms with E-state index in [1.165, 1.54) is 11.8 Å². The SMILES string of the molecule is O=C(CSC(=S)N1C[C@@H]2C[C@H](C1)c1cccc(=O)n1C2)NC1=NN(c2ccccc2)CC1=O. The number of hydrazone groups is 1. The third kappa shape index (κ3) is 4.58. The van der Waals surface area contributed by atoms with Crippen molar-refractivity contribution in [3.05, 3.63) is 64.6 Å². The van der Waals surface area contributed by atoms with E-state index in [1.807, 2.05) is 47.0 Å². The van der Waals surface area contributed by atoms with Gasteiger partial charge in [-0.15, -0.1) is 0 Å². The summed E-state index contributed by atoms with van der Waals surface area (Å²) in [7, 11) is 0. The maximum Gasteiger partial charge on any atom is 0.250 e. The highest BCUT2D eigenvalue weighted by Gasteiger charge is 2.35. The van der Waals surface area contributed by atoms with Crippen LogP contribution in [-0.4, -0.2) is 56.7 Å². The number of piperidine rings is 1. The Kier molecular flexibility index (Phi) is 6.03. The smallest absolute Gasteiger partial charge is 0.250 e. The third-order valence-electron chi connectivity index (χ3n) is 6.15. The van der Waals surface area contributed by atoms with Crippen molar-refractivity contribution >= 4 is 51.5 Å². The Morgan fingerprint density at radius 1 is 1.09 bits per heavy atom. The Bertz CT molecular complexity index is 1200. The molecular formula is C23H23N5O3S2. The average molecular weight is 482 g/mol. The molecule has 10 heteroatoms. The zero-order chi connectivity index (χ0) is 22.9. The molecule has 0 unspecified atom stereocenters. The molecule has 2 aromatic rings. The molecule has 2 bridgehead atoms. The lowest BCUT2D eigenvalue weighted by Crippen LogP contribution is -2.48. The number of nitrogens with zero attached hydrogens (tertiary/aromatic N) is 4. The number of carbonyl (C=O) groups is 2. The summed E-state index contributed by atoms with van der Waals surface area (Å²) in [4.78, 5) is 39.1. The van der Waals surface area contributed by atoms with Crippen LogP contribution in [-0.2, 0) is 16.1 Å². The minimum atomic E-state index is -0.307. The molecule has 1 amide bonds. The number of pyridine rings is 1. The van der Waals surface area contributed by atoms with Gasteiger partial charge in [-0.05, 0) is 30.5 Å². The number of rotatable bonds is 3. The quantitative estimate of drug-likeness (QED) is 0.669. The Morgan fingerprint density at radius 3 is 2.73 bits per heavy atom. The van der Waals surface area contributed by atoms with Gasteiger partial charge in [-0.1, -0.05) is 48.2 Å². The molecule has 0 spiro atoms. The van der Waals surface area contributed by atoms with Gasteiger partial charge in [0.25, 0.3) is 5.56 Å². The van der Waals surface area contributed by atoms with E-state index in [9.17, 15) is 14.4 Å². The molecule has 3 aliphatic heterocycles. The van der Waals surface area contributed by atoms with Gasteiger partial charge in [0.05, 0.1) is 11.4 Å². The average Bonchev–Trinajstić information content (AvgIpc) is 3.18. The van der Waals surface area contributed by atoms with E-state index in [0.717, 1.165) is 30.9 Å². The van der Waals surface area contributed by atoms with E-state index in [-0.39, 0.29) is 41.3 Å². The first-order valence-corrected chi connectivity index (χ1v) is 12.2. The van der Waals surface area contributed by atoms with Crippen LogP contribution in [0, 0.1) is 5.92 Å². The molecule has 0 saturated carbocycles. The highest BCUT2D eigenvalue weighted by atomic mass is 32.2. The van der Waals surface area contributed by atoms with Crippen LogP contribution in [0.2, 0.25) is 0 Å². The number of para-hydroxylation sites is 1. The number of anilines is 1. The Balaban J connectivity index is 1.16. The van der Waals surface area contributed by atoms with Crippen LogP contribution in [0.1, 0.15) is 18.0 Å². The fraction of sp³-hybridized carbons (Fsp3) is 0.348. The van der Waals surface area contributed by atoms with Gasteiger partial charge in [-0.2, -0.15) is 5.10 Å². The fourth-order valence-corrected chi connectivity index (χ4v) is 5.68. The third-order valence-corrected chi connectivity index (χ3v) is 7.68. The van der Waals surface area contributed by atoms with Gasteiger partial charge in [-0.25, -0.2) is 0 Å². The van der Waals surface area contributed by atoms with Gasteiger partial charge in [-0.3, -0.25) is 19.4 Å². The molecular weight excluding hydrogens is 458 g/mol. The molecule has 8 nitrogen and oxygen atoms in total. The van der Waals surface area contributed by atoms with E-state index in [4.69, 9.17) is 12.2 Å². The second kappa shape index (κ2) is 9.11. The van der Waals surface area contributed by atoms with Crippen LogP contribution in [0.3, 0.4) is 0 Å². The van der Waals surface area contributed by atoms with Crippen molar-refractivity contribution in [1.82, 2.24) is 14.8 Å². The molecule has 0 aliphatic carbocycles. The summed E-state index contributed by atoms with van der Waals surface area (Å²) in [5, 5.41) is 8.45. The summed E-state index contributed by atoms with van der Waals surface area (Å²) in [6.45, 7) is 2.33. The molecule has 0 radical (unpaired) electrons. The largest absolute Gasteiger partial charge is 0.356 e. The van der Waals surface area contributed by atoms with Gasteiger partial charge in [0.1, 0.15) is 10.9 Å². The van der Waals surface area contributed by atoms with Crippen molar-refractivity contribution in [2.45, 2.75) is 18.9 Å². The number of thioether (sulfide) groups is 1. The summed E-state index contributed by atoms with van der Waals surface area (Å²) in [6.07, 6.45) is 1.05. The molecule has 5 rings (SSSR count). The number of amides is 1. The Labute approximate surface area is 200 Å². The van der Waals surface area contributed by atoms with Crippen LogP contribution in [0.25, 0.3) is 0 Å². The summed E-state index contributed by atoms with van der Waals surface area (Å²) in [5.74, 6) is 0.255. The normalized spacial score (nSPS) is 21.5. The minimum Gasteiger partial charge on any atom is -0.356 e. The number of thiocarbonyl (C=S) groups is 1. The number of fused-ring (bicyclic) bond motifs is 4. The first-order valence-electron chi connectivity index (χ1n) is 10.8. The molecule has 170 valence electrons. The lowest BCUT2D eigenvalue weighted by molar-refractivity contribution is -0.118. The number of Topliss-reactive ketones (excluding diaryl/α,β-unsaturated/α-hetero) is 1. The highest BCUT2D eigenvalue weighted by molar-refractivity contribution is 8.23. The maximum absolute atomic E-state index is 12.5. The number of likely N-dealkylation sites (tertiary alicyclic amines) is 1. The van der Waals surface area contributed by atoms with Gasteiger partial charge in [0.2, 0.25) is 11.7 Å². The first kappa shape index (κ1) is 21.8. The van der Waals surface area contributed by atoms with E-state index in [0.29, 0.717) is 16.8 Å². The summed E-state index contributed by atoms with van der Waals surface area (Å²) in [6, 6.07) is 14.8. The topological polar surface area (TPSA) is 87.0 Å². The molecule has 33 heavy (non-hydrogen) atoms. The van der Waals surface area contributed by atoms with Gasteiger partial charge < -0.3 is 14.8 Å². The summed E-state index contributed by atoms with van der Waals surface area (Å²) >= 11 is 6.91. The van der Waals surface area contributed by atoms with Crippen molar-refractivity contribution in [3.63, 3.8) is 0 Å². The van der Waals surface area contributed by atoms with Crippen molar-refractivity contribution in [3.8, 4) is 0 Å². The molecule has 2 atom stereocenters. The van der Waals surface area contributed by atoms with Gasteiger partial charge in [0.15, 0.2) is 5.84 Å². The zero-order valence-corrected chi connectivity index (χ0v) is 19.5. The number of benzene rings is 1. The zero-order valence-electron chi connectivity index (χ0n) is 17.8. The van der Waals surface area contributed by atoms with Crippen LogP contribution in [0.4, 0.5) is 5.69 Å². The highest BCUT2D eigenvalue weighted by Crippen LogP contribution is 2.36. The molecule has 1 saturated heterocycles. The van der Waals surface area contributed by atoms with Crippen LogP contribution in [0.5, 0.6) is 0 Å². The lowest BCUT2D eigenvalue weighted by atomic mass is 9.83. The lowest BCUT2D eigenvalue weighted by Gasteiger charge is -2.43. The predicted molar refractivity (Wildman–Crippen MR) is 133 cm³/mol. The number of carbonyl (C=O) groups excluding carboxylic acids is 2. The second-order valence-corrected chi connectivity index (χ2v) is 10.1. The molecule has 1 aromatic carbocycles. The number of aromatic nitrogens is 1. The number of amidine groups is 1. The number of ketones is 1. The summed E-state index contributed by atoms with van der Waals surface area (Å²) in [5.41, 5.74) is 1.92. The number of hydrogen-bond donors (Lipinski definition) is 1. The van der Waals surface area contributed by atoms with E-state index < -0.39 is 0 Å². The molecule has 1 fully saturated rings. The predicted octanol–water partition coefficient (Wildman–Crippen LogP) is 1.80. The van der Waals surface area contributed by atoms with E-state index >= 15 is 0 Å². The summed E-state index contributed by atoms with van der Waals surface area (Å²) < 4.78 is 2.55. The Hall–Kier alpha value is -2.98. The van der Waals surface area contributed by atoms with Crippen LogP contribution in [0.15, 0.2) is 58.4 Å². The Morgan fingerprint density at radius 2 is 1.91 bits per heavy atom. The maximum atomic E-state index is 12.5. The second-order valence-electron chi connectivity index (χ2n) is 8.47. The number of hydrogen-bond acceptors (Lipinski definition) is 7. The fourth-order valence-electron chi connectivity index (χ4n) is 4.70. The van der Waals surface area contributed by atoms with E-state index in [2.05, 4.69) is 15.3 Å². The molecule has 4 heterocycles. The monoisotopic (exact) mass is 481 g/mol. The van der Waals surface area contributed by atoms with E-state index in [1.54, 1.807) is 11.1 Å². The standard InChI is InChI=1S/C23H23N5O3S2/c29-19-13-28(17-5-2-1-3-6-17)25-22(19)24-20(30)14-33-23(32)26-10-15-9-16(12-26)18-7-4-8-21(31)27(18)11-15/h1-8,15-16H,9-14H2,(H,24,25,30)/t15-,16+/m0/s1. The number of nitrogens with one attached hydrogen (secondary N) is 1. The van der Waals surface area contributed by atoms with Gasteiger partial charge in [0, 0.05) is 37.3 Å². The molecule has 1 N–H and O–H groups in total. The van der Waals surface area contributed by atoms with Crippen LogP contribution < -0.4 is 15.9 Å². The van der Waals surface area contributed by atoms with Gasteiger partial charge >= 0.3 is 0 Å². The first-order chi connectivity index (χ1) is 16.0. The molecule has 3 aliphatic rings. The molecule has 1 aromatic heterocycles.